The van der Waals surface area contributed by atoms with Gasteiger partial charge in [-0.1, -0.05) is 6.92 Å². The molecule has 1 aromatic rings. The highest BCUT2D eigenvalue weighted by molar-refractivity contribution is 5.42. The summed E-state index contributed by atoms with van der Waals surface area (Å²) in [7, 11) is 3.59. The summed E-state index contributed by atoms with van der Waals surface area (Å²) in [6.07, 6.45) is 2.37. The molecule has 1 aromatic heterocycles. The van der Waals surface area contributed by atoms with Crippen LogP contribution in [0.1, 0.15) is 19.8 Å². The molecule has 0 bridgehead atoms. The van der Waals surface area contributed by atoms with Gasteiger partial charge in [0.25, 0.3) is 0 Å². The molecule has 17 heavy (non-hydrogen) atoms. The molecule has 96 valence electrons. The largest absolute Gasteiger partial charge is 0.481 e. The van der Waals surface area contributed by atoms with E-state index in [4.69, 9.17) is 4.74 Å². The minimum atomic E-state index is 0.644. The molecule has 5 nitrogen and oxygen atoms in total. The first kappa shape index (κ1) is 12.2. The summed E-state index contributed by atoms with van der Waals surface area (Å²) in [5.41, 5.74) is 0. The Morgan fingerprint density at radius 1 is 1.53 bits per heavy atom. The van der Waals surface area contributed by atoms with Gasteiger partial charge in [-0.15, -0.1) is 0 Å². The Morgan fingerprint density at radius 2 is 2.35 bits per heavy atom. The maximum Gasteiger partial charge on any atom is 0.213 e. The lowest BCUT2D eigenvalue weighted by atomic mass is 10.1. The van der Waals surface area contributed by atoms with Crippen LogP contribution in [-0.4, -0.2) is 42.6 Å². The summed E-state index contributed by atoms with van der Waals surface area (Å²) < 4.78 is 7.03. The first-order valence-corrected chi connectivity index (χ1v) is 6.31. The van der Waals surface area contributed by atoms with Crippen molar-refractivity contribution < 1.29 is 4.74 Å². The third kappa shape index (κ3) is 2.72. The van der Waals surface area contributed by atoms with E-state index in [1.807, 2.05) is 13.1 Å². The van der Waals surface area contributed by atoms with E-state index in [-0.39, 0.29) is 0 Å². The smallest absolute Gasteiger partial charge is 0.213 e. The van der Waals surface area contributed by atoms with E-state index in [9.17, 15) is 0 Å². The second-order valence-corrected chi connectivity index (χ2v) is 4.50. The molecule has 0 aromatic carbocycles. The number of nitrogens with zero attached hydrogens (tertiary/aromatic N) is 3. The lowest BCUT2D eigenvalue weighted by Gasteiger charge is -2.18. The van der Waals surface area contributed by atoms with Gasteiger partial charge in [0, 0.05) is 38.8 Å². The fraction of sp³-hybridized carbons (Fsp3) is 0.750. The lowest BCUT2D eigenvalue weighted by molar-refractivity contribution is 0.373. The highest BCUT2D eigenvalue weighted by atomic mass is 16.5. The van der Waals surface area contributed by atoms with Crippen molar-refractivity contribution in [3.63, 3.8) is 0 Å². The number of ether oxygens (including phenoxy) is 1. The highest BCUT2D eigenvalue weighted by Gasteiger charge is 2.18. The van der Waals surface area contributed by atoms with Crippen molar-refractivity contribution >= 4 is 5.82 Å². The van der Waals surface area contributed by atoms with Gasteiger partial charge in [0.05, 0.1) is 7.11 Å². The van der Waals surface area contributed by atoms with E-state index in [2.05, 4.69) is 22.2 Å². The predicted octanol–water partition coefficient (Wildman–Crippen LogP) is 1.01. The lowest BCUT2D eigenvalue weighted by Crippen LogP contribution is -2.30. The number of aryl methyl sites for hydroxylation is 1. The molecular formula is C12H22N4O. The Hall–Kier alpha value is -1.23. The van der Waals surface area contributed by atoms with E-state index in [1.165, 1.54) is 12.8 Å². The van der Waals surface area contributed by atoms with E-state index >= 15 is 0 Å². The quantitative estimate of drug-likeness (QED) is 0.853. The zero-order chi connectivity index (χ0) is 12.3. The Balaban J connectivity index is 2.06. The molecule has 0 radical (unpaired) electrons. The third-order valence-corrected chi connectivity index (χ3v) is 3.41. The van der Waals surface area contributed by atoms with Crippen LogP contribution in [0.5, 0.6) is 5.88 Å². The average Bonchev–Trinajstić information content (AvgIpc) is 2.58. The summed E-state index contributed by atoms with van der Waals surface area (Å²) in [6.45, 7) is 5.33. The number of methoxy groups -OCH3 is 1. The van der Waals surface area contributed by atoms with Gasteiger partial charge in [0.2, 0.25) is 5.88 Å². The average molecular weight is 238 g/mol. The van der Waals surface area contributed by atoms with Crippen LogP contribution < -0.4 is 15.0 Å². The second kappa shape index (κ2) is 5.40. The van der Waals surface area contributed by atoms with Crippen molar-refractivity contribution in [3.8, 4) is 5.88 Å². The molecule has 5 heteroatoms. The normalized spacial score (nSPS) is 21.4. The van der Waals surface area contributed by atoms with Gasteiger partial charge >= 0.3 is 0 Å². The Labute approximate surface area is 103 Å². The fourth-order valence-corrected chi connectivity index (χ4v) is 2.29. The van der Waals surface area contributed by atoms with Crippen LogP contribution in [0.3, 0.4) is 0 Å². The number of rotatable bonds is 3. The molecular weight excluding hydrogens is 216 g/mol. The van der Waals surface area contributed by atoms with Crippen LogP contribution >= 0.6 is 0 Å². The molecule has 1 aliphatic rings. The van der Waals surface area contributed by atoms with Gasteiger partial charge in [0.15, 0.2) is 5.82 Å². The number of hydrogen-bond donors (Lipinski definition) is 1. The molecule has 2 rings (SSSR count). The SMILES string of the molecule is CCC1CCN(c2cc(OC)n(C)n2)CCN1. The molecule has 0 saturated carbocycles. The zero-order valence-electron chi connectivity index (χ0n) is 10.9. The second-order valence-electron chi connectivity index (χ2n) is 4.50. The fourth-order valence-electron chi connectivity index (χ4n) is 2.29. The Kier molecular flexibility index (Phi) is 3.89. The number of hydrogen-bond acceptors (Lipinski definition) is 4. The van der Waals surface area contributed by atoms with E-state index < -0.39 is 0 Å². The minimum absolute atomic E-state index is 0.644. The monoisotopic (exact) mass is 238 g/mol. The van der Waals surface area contributed by atoms with Gasteiger partial charge in [-0.05, 0) is 12.8 Å². The first-order valence-electron chi connectivity index (χ1n) is 6.31. The van der Waals surface area contributed by atoms with Crippen LogP contribution in [0.2, 0.25) is 0 Å². The molecule has 1 fully saturated rings. The number of anilines is 1. The minimum Gasteiger partial charge on any atom is -0.481 e. The summed E-state index contributed by atoms with van der Waals surface area (Å²) in [6, 6.07) is 2.65. The van der Waals surface area contributed by atoms with Gasteiger partial charge in [-0.25, -0.2) is 4.68 Å². The summed E-state index contributed by atoms with van der Waals surface area (Å²) >= 11 is 0. The van der Waals surface area contributed by atoms with Crippen LogP contribution in [-0.2, 0) is 7.05 Å². The first-order chi connectivity index (χ1) is 8.24. The van der Waals surface area contributed by atoms with Gasteiger partial charge in [-0.3, -0.25) is 0 Å². The third-order valence-electron chi connectivity index (χ3n) is 3.41. The van der Waals surface area contributed by atoms with Crippen LogP contribution in [0, 0.1) is 0 Å². The van der Waals surface area contributed by atoms with Crippen molar-refractivity contribution in [2.45, 2.75) is 25.8 Å². The van der Waals surface area contributed by atoms with Crippen molar-refractivity contribution in [1.29, 1.82) is 0 Å². The molecule has 1 N–H and O–H groups in total. The van der Waals surface area contributed by atoms with Crippen LogP contribution in [0.25, 0.3) is 0 Å². The summed E-state index contributed by atoms with van der Waals surface area (Å²) in [5, 5.41) is 8.05. The maximum atomic E-state index is 5.25. The molecule has 0 aliphatic carbocycles. The topological polar surface area (TPSA) is 42.3 Å². The summed E-state index contributed by atoms with van der Waals surface area (Å²) in [5.74, 6) is 1.83. The number of nitrogens with one attached hydrogen (secondary N) is 1. The maximum absolute atomic E-state index is 5.25. The highest BCUT2D eigenvalue weighted by Crippen LogP contribution is 2.20. The van der Waals surface area contributed by atoms with E-state index in [1.54, 1.807) is 11.8 Å². The molecule has 1 saturated heterocycles. The molecule has 1 unspecified atom stereocenters. The van der Waals surface area contributed by atoms with E-state index in [0.29, 0.717) is 6.04 Å². The molecule has 0 spiro atoms. The Bertz CT molecular complexity index is 363. The van der Waals surface area contributed by atoms with Crippen LogP contribution in [0.15, 0.2) is 6.07 Å². The van der Waals surface area contributed by atoms with E-state index in [0.717, 1.165) is 31.3 Å². The molecule has 0 amide bonds. The van der Waals surface area contributed by atoms with Crippen molar-refractivity contribution in [3.05, 3.63) is 6.07 Å². The van der Waals surface area contributed by atoms with Gasteiger partial charge < -0.3 is 15.0 Å². The molecule has 1 aliphatic heterocycles. The molecule has 1 atom stereocenters. The van der Waals surface area contributed by atoms with Crippen molar-refractivity contribution in [1.82, 2.24) is 15.1 Å². The standard InChI is InChI=1S/C12H22N4O/c1-4-10-5-7-16(8-6-13-10)11-9-12(17-3)15(2)14-11/h9-10,13H,4-8H2,1-3H3. The van der Waals surface area contributed by atoms with Crippen LogP contribution in [0.4, 0.5) is 5.82 Å². The van der Waals surface area contributed by atoms with Gasteiger partial charge in [0.1, 0.15) is 0 Å². The Morgan fingerprint density at radius 3 is 3.00 bits per heavy atom. The van der Waals surface area contributed by atoms with Gasteiger partial charge in [-0.2, -0.15) is 5.10 Å². The van der Waals surface area contributed by atoms with Crippen molar-refractivity contribution in [2.75, 3.05) is 31.6 Å². The predicted molar refractivity (Wildman–Crippen MR) is 68.7 cm³/mol. The number of aromatic nitrogens is 2. The molecule has 2 heterocycles. The summed E-state index contributed by atoms with van der Waals surface area (Å²) in [4.78, 5) is 2.32. The van der Waals surface area contributed by atoms with Crippen molar-refractivity contribution in [2.24, 2.45) is 7.05 Å². The zero-order valence-corrected chi connectivity index (χ0v) is 10.9.